The molecule has 22 heavy (non-hydrogen) atoms. The zero-order chi connectivity index (χ0) is 15.0. The Bertz CT molecular complexity index is 863. The van der Waals surface area contributed by atoms with Crippen LogP contribution in [0.1, 0.15) is 25.2 Å². The van der Waals surface area contributed by atoms with Crippen molar-refractivity contribution in [1.82, 2.24) is 15.0 Å². The molecule has 0 fully saturated rings. The van der Waals surface area contributed by atoms with Gasteiger partial charge in [0.15, 0.2) is 0 Å². The Morgan fingerprint density at radius 1 is 1.50 bits per heavy atom. The predicted molar refractivity (Wildman–Crippen MR) is 87.9 cm³/mol. The molecule has 0 aromatic carbocycles. The number of hydrogen-bond acceptors (Lipinski definition) is 5. The second kappa shape index (κ2) is 6.51. The van der Waals surface area contributed by atoms with E-state index in [2.05, 4.69) is 15.0 Å². The van der Waals surface area contributed by atoms with Gasteiger partial charge >= 0.3 is 0 Å². The van der Waals surface area contributed by atoms with E-state index in [1.54, 1.807) is 12.1 Å². The van der Waals surface area contributed by atoms with Gasteiger partial charge in [-0.15, -0.1) is 23.7 Å². The quantitative estimate of drug-likeness (QED) is 0.767. The van der Waals surface area contributed by atoms with Crippen molar-refractivity contribution in [3.05, 3.63) is 46.5 Å². The summed E-state index contributed by atoms with van der Waals surface area (Å²) in [5, 5.41) is 0. The first-order valence-corrected chi connectivity index (χ1v) is 7.31. The fraction of sp³-hybridized carbons (Fsp3) is 0.214. The fourth-order valence-electron chi connectivity index (χ4n) is 2.03. The average molecular weight is 341 g/mol. The number of aromatic amines is 1. The maximum atomic E-state index is 13.8. The summed E-state index contributed by atoms with van der Waals surface area (Å²) in [4.78, 5) is 23.5. The number of hydrogen-bond donors (Lipinski definition) is 2. The smallest absolute Gasteiger partial charge is 0.268 e. The van der Waals surface area contributed by atoms with E-state index in [1.165, 1.54) is 17.5 Å². The van der Waals surface area contributed by atoms with Crippen LogP contribution in [0.3, 0.4) is 0 Å². The maximum absolute atomic E-state index is 13.8. The van der Waals surface area contributed by atoms with E-state index < -0.39 is 5.82 Å². The number of aromatic nitrogens is 3. The number of fused-ring (bicyclic) bond motifs is 1. The molecule has 0 radical (unpaired) electrons. The first-order chi connectivity index (χ1) is 10.1. The van der Waals surface area contributed by atoms with Gasteiger partial charge in [0.25, 0.3) is 5.56 Å². The van der Waals surface area contributed by atoms with Crippen molar-refractivity contribution in [2.75, 3.05) is 0 Å². The molecule has 3 N–H and O–H groups in total. The number of H-pyrrole nitrogens is 1. The Labute approximate surface area is 135 Å². The highest BCUT2D eigenvalue weighted by atomic mass is 35.5. The minimum Gasteiger partial charge on any atom is -0.321 e. The topological polar surface area (TPSA) is 84.7 Å². The summed E-state index contributed by atoms with van der Waals surface area (Å²) in [6, 6.07) is 2.97. The molecule has 0 saturated carbocycles. The van der Waals surface area contributed by atoms with Crippen LogP contribution in [0.4, 0.5) is 4.39 Å². The number of thiophene rings is 1. The summed E-state index contributed by atoms with van der Waals surface area (Å²) in [6.07, 6.45) is 3.33. The third-order valence-corrected chi connectivity index (χ3v) is 4.39. The van der Waals surface area contributed by atoms with E-state index >= 15 is 0 Å². The van der Waals surface area contributed by atoms with Crippen LogP contribution in [0.15, 0.2) is 29.3 Å². The van der Waals surface area contributed by atoms with Crippen LogP contribution in [0.5, 0.6) is 0 Å². The average Bonchev–Trinajstić information content (AvgIpc) is 2.91. The minimum absolute atomic E-state index is 0. The van der Waals surface area contributed by atoms with E-state index in [0.29, 0.717) is 32.9 Å². The summed E-state index contributed by atoms with van der Waals surface area (Å²) >= 11 is 1.20. The number of rotatable bonds is 3. The van der Waals surface area contributed by atoms with Crippen LogP contribution < -0.4 is 11.3 Å². The van der Waals surface area contributed by atoms with Gasteiger partial charge in [-0.3, -0.25) is 9.78 Å². The van der Waals surface area contributed by atoms with E-state index in [0.717, 1.165) is 6.20 Å². The van der Waals surface area contributed by atoms with Crippen molar-refractivity contribution < 1.29 is 4.39 Å². The molecule has 0 aliphatic carbocycles. The van der Waals surface area contributed by atoms with Crippen LogP contribution in [0.25, 0.3) is 20.7 Å². The summed E-state index contributed by atoms with van der Waals surface area (Å²) in [6.45, 7) is 1.92. The molecule has 3 heterocycles. The van der Waals surface area contributed by atoms with E-state index in [-0.39, 0.29) is 24.0 Å². The highest BCUT2D eigenvalue weighted by Gasteiger charge is 2.14. The SMILES string of the molecule is CCC(N)c1nc2cc(-c3ccncc3F)sc2c(=O)[nH]1.Cl. The molecule has 116 valence electrons. The number of halogens is 2. The first-order valence-electron chi connectivity index (χ1n) is 6.49. The second-order valence-electron chi connectivity index (χ2n) is 4.65. The highest BCUT2D eigenvalue weighted by molar-refractivity contribution is 7.22. The summed E-state index contributed by atoms with van der Waals surface area (Å²) in [7, 11) is 0. The van der Waals surface area contributed by atoms with Crippen LogP contribution in [-0.4, -0.2) is 15.0 Å². The molecule has 0 aliphatic rings. The van der Waals surface area contributed by atoms with Gasteiger partial charge in [-0.2, -0.15) is 0 Å². The molecule has 3 aromatic heterocycles. The zero-order valence-corrected chi connectivity index (χ0v) is 13.3. The molecule has 0 bridgehead atoms. The number of pyridine rings is 1. The Morgan fingerprint density at radius 2 is 2.27 bits per heavy atom. The van der Waals surface area contributed by atoms with E-state index in [9.17, 15) is 9.18 Å². The predicted octanol–water partition coefficient (Wildman–Crippen LogP) is 3.02. The lowest BCUT2D eigenvalue weighted by Gasteiger charge is -2.06. The van der Waals surface area contributed by atoms with Crippen molar-refractivity contribution in [2.45, 2.75) is 19.4 Å². The summed E-state index contributed by atoms with van der Waals surface area (Å²) < 4.78 is 14.3. The van der Waals surface area contributed by atoms with Gasteiger partial charge in [-0.1, -0.05) is 6.92 Å². The van der Waals surface area contributed by atoms with Crippen LogP contribution in [0, 0.1) is 5.82 Å². The lowest BCUT2D eigenvalue weighted by molar-refractivity contribution is 0.625. The molecule has 5 nitrogen and oxygen atoms in total. The van der Waals surface area contributed by atoms with Crippen molar-refractivity contribution in [1.29, 1.82) is 0 Å². The van der Waals surface area contributed by atoms with Gasteiger partial charge in [0.05, 0.1) is 17.8 Å². The maximum Gasteiger partial charge on any atom is 0.268 e. The lowest BCUT2D eigenvalue weighted by atomic mass is 10.2. The lowest BCUT2D eigenvalue weighted by Crippen LogP contribution is -2.18. The molecule has 0 amide bonds. The van der Waals surface area contributed by atoms with Gasteiger partial charge in [0.1, 0.15) is 16.3 Å². The zero-order valence-electron chi connectivity index (χ0n) is 11.7. The number of nitrogens with one attached hydrogen (secondary N) is 1. The van der Waals surface area contributed by atoms with Gasteiger partial charge < -0.3 is 10.7 Å². The third kappa shape index (κ3) is 2.87. The van der Waals surface area contributed by atoms with Crippen LogP contribution >= 0.6 is 23.7 Å². The summed E-state index contributed by atoms with van der Waals surface area (Å²) in [5.41, 5.74) is 6.60. The molecule has 0 spiro atoms. The van der Waals surface area contributed by atoms with Crippen LogP contribution in [-0.2, 0) is 0 Å². The molecule has 0 aliphatic heterocycles. The van der Waals surface area contributed by atoms with Gasteiger partial charge in [-0.05, 0) is 18.6 Å². The molecular weight excluding hydrogens is 327 g/mol. The van der Waals surface area contributed by atoms with Gasteiger partial charge in [0.2, 0.25) is 0 Å². The molecule has 3 aromatic rings. The standard InChI is InChI=1S/C14H13FN4OS.ClH/c1-2-9(16)13-18-10-5-11(21-12(10)14(20)19-13)7-3-4-17-6-8(7)15;/h3-6,9H,2,16H2,1H3,(H,18,19,20);1H. The van der Waals surface area contributed by atoms with Gasteiger partial charge in [-0.25, -0.2) is 9.37 Å². The second-order valence-corrected chi connectivity index (χ2v) is 5.70. The molecule has 8 heteroatoms. The molecule has 1 atom stereocenters. The fourth-order valence-corrected chi connectivity index (χ4v) is 3.05. The van der Waals surface area contributed by atoms with Crippen molar-refractivity contribution in [3.8, 4) is 10.4 Å². The van der Waals surface area contributed by atoms with E-state index in [4.69, 9.17) is 5.73 Å². The minimum atomic E-state index is -0.425. The summed E-state index contributed by atoms with van der Waals surface area (Å²) in [5.74, 6) is 0.0283. The van der Waals surface area contributed by atoms with Gasteiger partial charge in [0, 0.05) is 16.6 Å². The molecule has 0 saturated heterocycles. The third-order valence-electron chi connectivity index (χ3n) is 3.23. The van der Waals surface area contributed by atoms with Crippen LogP contribution in [0.2, 0.25) is 0 Å². The number of nitrogens with two attached hydrogens (primary N) is 1. The Balaban J connectivity index is 0.00000176. The first kappa shape index (κ1) is 16.5. The molecular formula is C14H14ClFN4OS. The monoisotopic (exact) mass is 340 g/mol. The molecule has 1 unspecified atom stereocenters. The van der Waals surface area contributed by atoms with E-state index in [1.807, 2.05) is 6.92 Å². The normalized spacial score (nSPS) is 12.1. The largest absolute Gasteiger partial charge is 0.321 e. The Hall–Kier alpha value is -1.83. The van der Waals surface area contributed by atoms with Crippen molar-refractivity contribution in [2.24, 2.45) is 5.73 Å². The number of nitrogens with zero attached hydrogens (tertiary/aromatic N) is 2. The highest BCUT2D eigenvalue weighted by Crippen LogP contribution is 2.32. The molecule has 3 rings (SSSR count). The Morgan fingerprint density at radius 3 is 2.95 bits per heavy atom. The van der Waals surface area contributed by atoms with Crippen molar-refractivity contribution >= 4 is 34.0 Å². The Kier molecular flexibility index (Phi) is 4.90. The van der Waals surface area contributed by atoms with Crippen molar-refractivity contribution in [3.63, 3.8) is 0 Å².